The standard InChI is InChI=1S/C15H16N4O4/c20-15(13-1-2-14(23-13)19(21)22)18-9-7-17(8-10-18)11-12-3-5-16-6-4-12/h1-6H,7-11H2. The van der Waals surface area contributed by atoms with Gasteiger partial charge in [-0.3, -0.25) is 24.8 Å². The molecule has 0 atom stereocenters. The first-order valence-corrected chi connectivity index (χ1v) is 7.28. The molecule has 1 aliphatic rings. The first-order valence-electron chi connectivity index (χ1n) is 7.28. The number of furan rings is 1. The highest BCUT2D eigenvalue weighted by atomic mass is 16.6. The van der Waals surface area contributed by atoms with Crippen molar-refractivity contribution in [3.63, 3.8) is 0 Å². The average molecular weight is 316 g/mol. The Balaban J connectivity index is 1.55. The number of nitrogens with zero attached hydrogens (tertiary/aromatic N) is 4. The van der Waals surface area contributed by atoms with Gasteiger partial charge < -0.3 is 9.32 Å². The number of carbonyl (C=O) groups is 1. The van der Waals surface area contributed by atoms with Gasteiger partial charge in [0, 0.05) is 45.1 Å². The number of hydrogen-bond donors (Lipinski definition) is 0. The molecular weight excluding hydrogens is 300 g/mol. The number of hydrogen-bond acceptors (Lipinski definition) is 6. The quantitative estimate of drug-likeness (QED) is 0.627. The Morgan fingerprint density at radius 3 is 2.48 bits per heavy atom. The number of pyridine rings is 1. The third-order valence-corrected chi connectivity index (χ3v) is 3.80. The van der Waals surface area contributed by atoms with Crippen molar-refractivity contribution in [3.8, 4) is 0 Å². The predicted molar refractivity (Wildman–Crippen MR) is 80.8 cm³/mol. The van der Waals surface area contributed by atoms with Crippen LogP contribution in [0.3, 0.4) is 0 Å². The van der Waals surface area contributed by atoms with Crippen molar-refractivity contribution in [2.24, 2.45) is 0 Å². The zero-order valence-corrected chi connectivity index (χ0v) is 12.4. The fourth-order valence-electron chi connectivity index (χ4n) is 2.55. The van der Waals surface area contributed by atoms with Crippen LogP contribution in [0.4, 0.5) is 5.88 Å². The van der Waals surface area contributed by atoms with Crippen molar-refractivity contribution in [2.75, 3.05) is 26.2 Å². The van der Waals surface area contributed by atoms with Crippen molar-refractivity contribution in [1.29, 1.82) is 0 Å². The fraction of sp³-hybridized carbons (Fsp3) is 0.333. The van der Waals surface area contributed by atoms with Crippen LogP contribution in [-0.4, -0.2) is 51.8 Å². The topological polar surface area (TPSA) is 92.7 Å². The number of rotatable bonds is 4. The molecule has 3 heterocycles. The Kier molecular flexibility index (Phi) is 4.33. The lowest BCUT2D eigenvalue weighted by atomic mass is 10.2. The van der Waals surface area contributed by atoms with Crippen molar-refractivity contribution in [2.45, 2.75) is 6.54 Å². The van der Waals surface area contributed by atoms with E-state index in [4.69, 9.17) is 4.42 Å². The van der Waals surface area contributed by atoms with E-state index in [0.717, 1.165) is 19.6 Å². The van der Waals surface area contributed by atoms with Gasteiger partial charge in [0.15, 0.2) is 5.76 Å². The first-order chi connectivity index (χ1) is 11.1. The third kappa shape index (κ3) is 3.54. The van der Waals surface area contributed by atoms with Crippen LogP contribution < -0.4 is 0 Å². The molecule has 8 nitrogen and oxygen atoms in total. The summed E-state index contributed by atoms with van der Waals surface area (Å²) in [6.07, 6.45) is 3.53. The van der Waals surface area contributed by atoms with Crippen LogP contribution in [0.15, 0.2) is 41.1 Å². The molecule has 2 aromatic heterocycles. The molecule has 1 saturated heterocycles. The van der Waals surface area contributed by atoms with E-state index in [1.54, 1.807) is 17.3 Å². The molecule has 0 bridgehead atoms. The molecular formula is C15H16N4O4. The number of carbonyl (C=O) groups excluding carboxylic acids is 1. The summed E-state index contributed by atoms with van der Waals surface area (Å²) in [5.41, 5.74) is 1.18. The van der Waals surface area contributed by atoms with E-state index in [2.05, 4.69) is 9.88 Å². The maximum atomic E-state index is 12.3. The summed E-state index contributed by atoms with van der Waals surface area (Å²) in [5, 5.41) is 10.6. The second-order valence-electron chi connectivity index (χ2n) is 5.32. The molecule has 120 valence electrons. The monoisotopic (exact) mass is 316 g/mol. The SMILES string of the molecule is O=C(c1ccc([N+](=O)[O-])o1)N1CCN(Cc2ccncc2)CC1. The summed E-state index contributed by atoms with van der Waals surface area (Å²) < 4.78 is 4.97. The molecule has 0 saturated carbocycles. The van der Waals surface area contributed by atoms with Crippen LogP contribution in [0, 0.1) is 10.1 Å². The summed E-state index contributed by atoms with van der Waals surface area (Å²) in [7, 11) is 0. The highest BCUT2D eigenvalue weighted by molar-refractivity contribution is 5.91. The van der Waals surface area contributed by atoms with E-state index in [1.165, 1.54) is 17.7 Å². The van der Waals surface area contributed by atoms with Crippen LogP contribution in [0.2, 0.25) is 0 Å². The third-order valence-electron chi connectivity index (χ3n) is 3.80. The summed E-state index contributed by atoms with van der Waals surface area (Å²) in [4.78, 5) is 30.1. The molecule has 3 rings (SSSR count). The molecule has 1 aliphatic heterocycles. The number of amides is 1. The molecule has 0 N–H and O–H groups in total. The molecule has 1 amide bonds. The molecule has 0 aliphatic carbocycles. The Morgan fingerprint density at radius 2 is 1.87 bits per heavy atom. The minimum atomic E-state index is -0.649. The second kappa shape index (κ2) is 6.57. The first kappa shape index (κ1) is 15.2. The fourth-order valence-corrected chi connectivity index (χ4v) is 2.55. The summed E-state index contributed by atoms with van der Waals surface area (Å²) in [6, 6.07) is 6.50. The molecule has 8 heteroatoms. The lowest BCUT2D eigenvalue weighted by Gasteiger charge is -2.34. The van der Waals surface area contributed by atoms with E-state index in [1.807, 2.05) is 12.1 Å². The Morgan fingerprint density at radius 1 is 1.17 bits per heavy atom. The molecule has 0 spiro atoms. The smallest absolute Gasteiger partial charge is 0.395 e. The molecule has 2 aromatic rings. The van der Waals surface area contributed by atoms with Gasteiger partial charge in [-0.05, 0) is 23.8 Å². The molecule has 0 radical (unpaired) electrons. The Hall–Kier alpha value is -2.74. The van der Waals surface area contributed by atoms with Gasteiger partial charge in [0.1, 0.15) is 4.92 Å². The maximum absolute atomic E-state index is 12.3. The predicted octanol–water partition coefficient (Wildman–Crippen LogP) is 1.54. The maximum Gasteiger partial charge on any atom is 0.433 e. The van der Waals surface area contributed by atoms with Crippen LogP contribution in [0.1, 0.15) is 16.1 Å². The van der Waals surface area contributed by atoms with Crippen molar-refractivity contribution >= 4 is 11.8 Å². The largest absolute Gasteiger partial charge is 0.433 e. The lowest BCUT2D eigenvalue weighted by Crippen LogP contribution is -2.48. The lowest BCUT2D eigenvalue weighted by molar-refractivity contribution is -0.402. The molecule has 0 unspecified atom stereocenters. The summed E-state index contributed by atoms with van der Waals surface area (Å²) in [6.45, 7) is 3.45. The van der Waals surface area contributed by atoms with E-state index in [9.17, 15) is 14.9 Å². The van der Waals surface area contributed by atoms with Crippen molar-refractivity contribution in [3.05, 3.63) is 58.1 Å². The number of nitro groups is 1. The van der Waals surface area contributed by atoms with Crippen LogP contribution >= 0.6 is 0 Å². The zero-order valence-electron chi connectivity index (χ0n) is 12.4. The van der Waals surface area contributed by atoms with Gasteiger partial charge in [0.05, 0.1) is 6.07 Å². The average Bonchev–Trinajstić information content (AvgIpc) is 3.06. The summed E-state index contributed by atoms with van der Waals surface area (Å²) >= 11 is 0. The molecule has 0 aromatic carbocycles. The van der Waals surface area contributed by atoms with Crippen molar-refractivity contribution < 1.29 is 14.1 Å². The highest BCUT2D eigenvalue weighted by Gasteiger charge is 2.25. The molecule has 1 fully saturated rings. The van der Waals surface area contributed by atoms with Crippen LogP contribution in [0.25, 0.3) is 0 Å². The van der Waals surface area contributed by atoms with Gasteiger partial charge in [-0.2, -0.15) is 0 Å². The van der Waals surface area contributed by atoms with E-state index >= 15 is 0 Å². The normalized spacial score (nSPS) is 15.6. The van der Waals surface area contributed by atoms with Gasteiger partial charge >= 0.3 is 5.88 Å². The van der Waals surface area contributed by atoms with Gasteiger partial charge in [-0.25, -0.2) is 0 Å². The molecule has 23 heavy (non-hydrogen) atoms. The van der Waals surface area contributed by atoms with Gasteiger partial charge in [-0.15, -0.1) is 0 Å². The van der Waals surface area contributed by atoms with E-state index in [-0.39, 0.29) is 11.7 Å². The van der Waals surface area contributed by atoms with Crippen molar-refractivity contribution in [1.82, 2.24) is 14.8 Å². The highest BCUT2D eigenvalue weighted by Crippen LogP contribution is 2.18. The van der Waals surface area contributed by atoms with Crippen LogP contribution in [0.5, 0.6) is 0 Å². The number of piperazine rings is 1. The zero-order chi connectivity index (χ0) is 16.2. The Bertz CT molecular complexity index is 693. The minimum absolute atomic E-state index is 0.0132. The van der Waals surface area contributed by atoms with Gasteiger partial charge in [0.2, 0.25) is 0 Å². The number of aromatic nitrogens is 1. The van der Waals surface area contributed by atoms with Crippen LogP contribution in [-0.2, 0) is 6.54 Å². The second-order valence-corrected chi connectivity index (χ2v) is 5.32. The van der Waals surface area contributed by atoms with E-state index < -0.39 is 10.8 Å². The summed E-state index contributed by atoms with van der Waals surface area (Å²) in [5.74, 6) is -0.703. The minimum Gasteiger partial charge on any atom is -0.395 e. The van der Waals surface area contributed by atoms with E-state index in [0.29, 0.717) is 13.1 Å². The van der Waals surface area contributed by atoms with Gasteiger partial charge in [-0.1, -0.05) is 0 Å². The Labute approximate surface area is 132 Å². The van der Waals surface area contributed by atoms with Gasteiger partial charge in [0.25, 0.3) is 5.91 Å².